The number of benzene rings is 2. The van der Waals surface area contributed by atoms with Gasteiger partial charge < -0.3 is 10.4 Å². The average molecular weight is 394 g/mol. The summed E-state index contributed by atoms with van der Waals surface area (Å²) in [5, 5.41) is 15.5. The Kier molecular flexibility index (Phi) is 4.84. The van der Waals surface area contributed by atoms with Crippen molar-refractivity contribution in [2.75, 3.05) is 5.32 Å². The van der Waals surface area contributed by atoms with Crippen LogP contribution in [0.3, 0.4) is 0 Å². The molecular formula is C22H17ClFN3O. The molecule has 0 aliphatic carbocycles. The molecule has 0 saturated carbocycles. The van der Waals surface area contributed by atoms with E-state index in [-0.39, 0.29) is 11.6 Å². The van der Waals surface area contributed by atoms with Crippen LogP contribution in [0, 0.1) is 12.7 Å². The first kappa shape index (κ1) is 18.2. The topological polar surface area (TPSA) is 58.0 Å². The zero-order valence-electron chi connectivity index (χ0n) is 15.0. The smallest absolute Gasteiger partial charge is 0.147 e. The summed E-state index contributed by atoms with van der Waals surface area (Å²) in [6.07, 6.45) is 3.21. The van der Waals surface area contributed by atoms with Gasteiger partial charge in [-0.25, -0.2) is 9.37 Å². The highest BCUT2D eigenvalue weighted by atomic mass is 35.5. The van der Waals surface area contributed by atoms with Crippen molar-refractivity contribution in [1.29, 1.82) is 0 Å². The van der Waals surface area contributed by atoms with Crippen LogP contribution in [0.4, 0.5) is 10.2 Å². The van der Waals surface area contributed by atoms with Crippen molar-refractivity contribution in [3.8, 4) is 5.75 Å². The molecule has 2 heterocycles. The molecule has 140 valence electrons. The van der Waals surface area contributed by atoms with Crippen molar-refractivity contribution < 1.29 is 9.50 Å². The Labute approximate surface area is 166 Å². The number of aromatic hydroxyl groups is 1. The normalized spacial score (nSPS) is 12.1. The maximum atomic E-state index is 14.3. The zero-order valence-corrected chi connectivity index (χ0v) is 15.8. The summed E-state index contributed by atoms with van der Waals surface area (Å²) < 4.78 is 14.3. The standard InChI is InChI=1S/C22H17ClFN3O/c1-13-4-5-15(11-18(13)24)20(27-19-12-16(23)8-10-25-19)17-7-6-14-3-2-9-26-21(14)22(17)28/h2-12,20,28H,1H3,(H,25,27). The monoisotopic (exact) mass is 393 g/mol. The molecule has 2 aromatic carbocycles. The van der Waals surface area contributed by atoms with E-state index in [4.69, 9.17) is 11.6 Å². The average Bonchev–Trinajstić information content (AvgIpc) is 2.69. The van der Waals surface area contributed by atoms with Crippen LogP contribution < -0.4 is 5.32 Å². The molecular weight excluding hydrogens is 377 g/mol. The van der Waals surface area contributed by atoms with Gasteiger partial charge in [0.2, 0.25) is 0 Å². The quantitative estimate of drug-likeness (QED) is 0.471. The lowest BCUT2D eigenvalue weighted by molar-refractivity contribution is 0.471. The van der Waals surface area contributed by atoms with E-state index in [1.54, 1.807) is 43.6 Å². The summed E-state index contributed by atoms with van der Waals surface area (Å²) in [7, 11) is 0. The molecule has 4 rings (SSSR count). The molecule has 1 atom stereocenters. The minimum absolute atomic E-state index is 0.0404. The van der Waals surface area contributed by atoms with Crippen LogP contribution in [0.15, 0.2) is 67.0 Å². The number of pyridine rings is 2. The SMILES string of the molecule is Cc1ccc(C(Nc2cc(Cl)ccn2)c2ccc3cccnc3c2O)cc1F. The van der Waals surface area contributed by atoms with Gasteiger partial charge in [-0.2, -0.15) is 0 Å². The van der Waals surface area contributed by atoms with Crippen LogP contribution >= 0.6 is 11.6 Å². The van der Waals surface area contributed by atoms with Gasteiger partial charge in [0.25, 0.3) is 0 Å². The Morgan fingerprint density at radius 2 is 1.89 bits per heavy atom. The molecule has 0 fully saturated rings. The number of nitrogens with zero attached hydrogens (tertiary/aromatic N) is 2. The van der Waals surface area contributed by atoms with Gasteiger partial charge >= 0.3 is 0 Å². The number of hydrogen-bond acceptors (Lipinski definition) is 4. The number of aryl methyl sites for hydroxylation is 1. The summed E-state index contributed by atoms with van der Waals surface area (Å²) in [5.41, 5.74) is 2.25. The van der Waals surface area contributed by atoms with Gasteiger partial charge in [-0.1, -0.05) is 41.9 Å². The molecule has 0 aliphatic heterocycles. The fourth-order valence-corrected chi connectivity index (χ4v) is 3.30. The number of nitrogens with one attached hydrogen (secondary N) is 1. The van der Waals surface area contributed by atoms with Gasteiger partial charge in [0, 0.05) is 28.4 Å². The summed E-state index contributed by atoms with van der Waals surface area (Å²) in [4.78, 5) is 8.56. The molecule has 2 aromatic heterocycles. The number of aromatic nitrogens is 2. The largest absolute Gasteiger partial charge is 0.505 e. The van der Waals surface area contributed by atoms with Crippen LogP contribution in [0.5, 0.6) is 5.75 Å². The van der Waals surface area contributed by atoms with E-state index in [2.05, 4.69) is 15.3 Å². The molecule has 4 aromatic rings. The van der Waals surface area contributed by atoms with Crippen molar-refractivity contribution in [2.24, 2.45) is 0 Å². The first-order chi connectivity index (χ1) is 13.5. The van der Waals surface area contributed by atoms with Crippen LogP contribution in [-0.4, -0.2) is 15.1 Å². The molecule has 0 aliphatic rings. The summed E-state index contributed by atoms with van der Waals surface area (Å²) in [6.45, 7) is 1.71. The number of rotatable bonds is 4. The number of hydrogen-bond donors (Lipinski definition) is 2. The predicted molar refractivity (Wildman–Crippen MR) is 109 cm³/mol. The zero-order chi connectivity index (χ0) is 19.7. The third kappa shape index (κ3) is 3.49. The maximum Gasteiger partial charge on any atom is 0.147 e. The lowest BCUT2D eigenvalue weighted by atomic mass is 9.95. The number of phenols is 1. The molecule has 0 amide bonds. The maximum absolute atomic E-state index is 14.3. The van der Waals surface area contributed by atoms with Crippen LogP contribution in [-0.2, 0) is 0 Å². The molecule has 2 N–H and O–H groups in total. The van der Waals surface area contributed by atoms with E-state index >= 15 is 0 Å². The fourth-order valence-electron chi connectivity index (χ4n) is 3.14. The van der Waals surface area contributed by atoms with Crippen molar-refractivity contribution in [3.05, 3.63) is 94.5 Å². The summed E-state index contributed by atoms with van der Waals surface area (Å²) >= 11 is 6.08. The Hall–Kier alpha value is -3.18. The highest BCUT2D eigenvalue weighted by Crippen LogP contribution is 2.36. The molecule has 6 heteroatoms. The number of halogens is 2. The third-order valence-corrected chi connectivity index (χ3v) is 4.87. The molecule has 28 heavy (non-hydrogen) atoms. The highest BCUT2D eigenvalue weighted by molar-refractivity contribution is 6.30. The third-order valence-electron chi connectivity index (χ3n) is 4.63. The van der Waals surface area contributed by atoms with Crippen molar-refractivity contribution in [2.45, 2.75) is 13.0 Å². The second-order valence-electron chi connectivity index (χ2n) is 6.52. The van der Waals surface area contributed by atoms with E-state index in [0.29, 0.717) is 33.0 Å². The second-order valence-corrected chi connectivity index (χ2v) is 6.96. The Morgan fingerprint density at radius 1 is 1.04 bits per heavy atom. The molecule has 0 saturated heterocycles. The van der Waals surface area contributed by atoms with E-state index in [1.807, 2.05) is 24.3 Å². The number of phenolic OH excluding ortho intramolecular Hbond substituents is 1. The molecule has 0 spiro atoms. The van der Waals surface area contributed by atoms with E-state index in [1.165, 1.54) is 6.07 Å². The van der Waals surface area contributed by atoms with Crippen LogP contribution in [0.2, 0.25) is 5.02 Å². The first-order valence-electron chi connectivity index (χ1n) is 8.73. The first-order valence-corrected chi connectivity index (χ1v) is 9.11. The van der Waals surface area contributed by atoms with Crippen molar-refractivity contribution >= 4 is 28.3 Å². The highest BCUT2D eigenvalue weighted by Gasteiger charge is 2.21. The minimum atomic E-state index is -0.549. The van der Waals surface area contributed by atoms with Gasteiger partial charge in [-0.05, 0) is 42.3 Å². The van der Waals surface area contributed by atoms with E-state index < -0.39 is 6.04 Å². The molecule has 4 nitrogen and oxygen atoms in total. The van der Waals surface area contributed by atoms with Gasteiger partial charge in [0.15, 0.2) is 0 Å². The summed E-state index contributed by atoms with van der Waals surface area (Å²) in [6, 6.07) is 15.2. The molecule has 0 bridgehead atoms. The van der Waals surface area contributed by atoms with E-state index in [0.717, 1.165) is 5.39 Å². The lowest BCUT2D eigenvalue weighted by Gasteiger charge is -2.22. The van der Waals surface area contributed by atoms with Crippen LogP contribution in [0.25, 0.3) is 10.9 Å². The van der Waals surface area contributed by atoms with Gasteiger partial charge in [-0.15, -0.1) is 0 Å². The van der Waals surface area contributed by atoms with Crippen molar-refractivity contribution in [3.63, 3.8) is 0 Å². The van der Waals surface area contributed by atoms with Gasteiger partial charge in [0.05, 0.1) is 6.04 Å². The summed E-state index contributed by atoms with van der Waals surface area (Å²) in [5.74, 6) is 0.236. The lowest BCUT2D eigenvalue weighted by Crippen LogP contribution is -2.14. The number of anilines is 1. The fraction of sp³-hybridized carbons (Fsp3) is 0.0909. The molecule has 0 radical (unpaired) electrons. The molecule has 1 unspecified atom stereocenters. The minimum Gasteiger partial charge on any atom is -0.505 e. The van der Waals surface area contributed by atoms with Crippen LogP contribution in [0.1, 0.15) is 22.7 Å². The Morgan fingerprint density at radius 3 is 2.68 bits per heavy atom. The van der Waals surface area contributed by atoms with Gasteiger partial charge in [-0.3, -0.25) is 4.98 Å². The Balaban J connectivity index is 1.87. The predicted octanol–water partition coefficient (Wildman–Crippen LogP) is 5.64. The Bertz CT molecular complexity index is 1170. The van der Waals surface area contributed by atoms with Crippen molar-refractivity contribution in [1.82, 2.24) is 9.97 Å². The number of fused-ring (bicyclic) bond motifs is 1. The van der Waals surface area contributed by atoms with Gasteiger partial charge in [0.1, 0.15) is 22.9 Å². The second kappa shape index (κ2) is 7.44. The van der Waals surface area contributed by atoms with E-state index in [9.17, 15) is 9.50 Å².